The molecule has 0 saturated heterocycles. The molecular weight excluding hydrogens is 202 g/mol. The Morgan fingerprint density at radius 3 is 2.85 bits per heavy atom. The highest BCUT2D eigenvalue weighted by atomic mass is 35.5. The van der Waals surface area contributed by atoms with Gasteiger partial charge in [-0.05, 0) is 36.8 Å². The van der Waals surface area contributed by atoms with Gasteiger partial charge >= 0.3 is 0 Å². The first-order valence-electron chi connectivity index (χ1n) is 4.75. The van der Waals surface area contributed by atoms with E-state index in [1.54, 1.807) is 11.3 Å². The van der Waals surface area contributed by atoms with Gasteiger partial charge in [0.05, 0.1) is 4.34 Å². The van der Waals surface area contributed by atoms with Crippen molar-refractivity contribution in [1.29, 1.82) is 0 Å². The highest BCUT2D eigenvalue weighted by molar-refractivity contribution is 7.14. The highest BCUT2D eigenvalue weighted by Crippen LogP contribution is 2.27. The normalized spacial score (nSPS) is 19.8. The Morgan fingerprint density at radius 1 is 1.62 bits per heavy atom. The predicted molar refractivity (Wildman–Crippen MR) is 58.5 cm³/mol. The van der Waals surface area contributed by atoms with Crippen molar-refractivity contribution < 1.29 is 0 Å². The minimum atomic E-state index is 0.453. The fourth-order valence-corrected chi connectivity index (χ4v) is 2.56. The third-order valence-corrected chi connectivity index (χ3v) is 3.79. The maximum Gasteiger partial charge on any atom is 0.0931 e. The predicted octanol–water partition coefficient (Wildman–Crippen LogP) is 3.60. The minimum Gasteiger partial charge on any atom is -0.307 e. The lowest BCUT2D eigenvalue weighted by molar-refractivity contribution is 0.313. The van der Waals surface area contributed by atoms with E-state index in [9.17, 15) is 0 Å². The number of halogens is 1. The summed E-state index contributed by atoms with van der Waals surface area (Å²) in [5, 5.41) is 5.73. The summed E-state index contributed by atoms with van der Waals surface area (Å²) in [5.41, 5.74) is 1.32. The lowest BCUT2D eigenvalue weighted by atomic mass is 9.92. The van der Waals surface area contributed by atoms with Gasteiger partial charge in [-0.1, -0.05) is 18.0 Å². The van der Waals surface area contributed by atoms with Gasteiger partial charge in [0.25, 0.3) is 0 Å². The van der Waals surface area contributed by atoms with Crippen LogP contribution in [0.25, 0.3) is 0 Å². The lowest BCUT2D eigenvalue weighted by Crippen LogP contribution is -2.36. The van der Waals surface area contributed by atoms with E-state index in [0.29, 0.717) is 6.04 Å². The first-order valence-corrected chi connectivity index (χ1v) is 6.01. The molecule has 1 atom stereocenters. The Hall–Kier alpha value is -0.0500. The molecule has 2 rings (SSSR count). The van der Waals surface area contributed by atoms with Gasteiger partial charge in [-0.2, -0.15) is 0 Å². The second-order valence-electron chi connectivity index (χ2n) is 3.70. The summed E-state index contributed by atoms with van der Waals surface area (Å²) in [7, 11) is 0. The van der Waals surface area contributed by atoms with E-state index < -0.39 is 0 Å². The van der Waals surface area contributed by atoms with Crippen LogP contribution in [0.15, 0.2) is 11.4 Å². The van der Waals surface area contributed by atoms with Gasteiger partial charge in [0.2, 0.25) is 0 Å². The summed E-state index contributed by atoms with van der Waals surface area (Å²) in [6.45, 7) is 2.21. The molecule has 0 aromatic carbocycles. The van der Waals surface area contributed by atoms with Crippen LogP contribution in [0, 0.1) is 0 Å². The number of hydrogen-bond acceptors (Lipinski definition) is 2. The Labute approximate surface area is 88.1 Å². The SMILES string of the molecule is CC(NC1CCC1)c1csc(Cl)c1. The van der Waals surface area contributed by atoms with Crippen molar-refractivity contribution in [2.45, 2.75) is 38.3 Å². The summed E-state index contributed by atoms with van der Waals surface area (Å²) in [5.74, 6) is 0. The smallest absolute Gasteiger partial charge is 0.0931 e. The maximum absolute atomic E-state index is 5.88. The Bertz CT molecular complexity index is 280. The molecule has 3 heteroatoms. The fourth-order valence-electron chi connectivity index (χ4n) is 1.58. The van der Waals surface area contributed by atoms with Crippen molar-refractivity contribution in [3.8, 4) is 0 Å². The molecule has 1 aromatic rings. The zero-order chi connectivity index (χ0) is 9.26. The summed E-state index contributed by atoms with van der Waals surface area (Å²) in [6, 6.07) is 3.26. The first kappa shape index (κ1) is 9.50. The maximum atomic E-state index is 5.88. The molecule has 1 saturated carbocycles. The Balaban J connectivity index is 1.92. The molecule has 1 N–H and O–H groups in total. The van der Waals surface area contributed by atoms with Gasteiger partial charge in [0.1, 0.15) is 0 Å². The summed E-state index contributed by atoms with van der Waals surface area (Å²) in [6.07, 6.45) is 4.05. The Kier molecular flexibility index (Phi) is 2.92. The number of nitrogens with one attached hydrogen (secondary N) is 1. The molecule has 1 unspecified atom stereocenters. The van der Waals surface area contributed by atoms with Gasteiger partial charge < -0.3 is 5.32 Å². The second kappa shape index (κ2) is 3.99. The monoisotopic (exact) mass is 215 g/mol. The average molecular weight is 216 g/mol. The minimum absolute atomic E-state index is 0.453. The van der Waals surface area contributed by atoms with E-state index >= 15 is 0 Å². The molecule has 0 spiro atoms. The summed E-state index contributed by atoms with van der Waals surface area (Å²) in [4.78, 5) is 0. The highest BCUT2D eigenvalue weighted by Gasteiger charge is 2.19. The van der Waals surface area contributed by atoms with Crippen molar-refractivity contribution in [3.63, 3.8) is 0 Å². The van der Waals surface area contributed by atoms with Crippen molar-refractivity contribution in [1.82, 2.24) is 5.32 Å². The van der Waals surface area contributed by atoms with E-state index in [1.165, 1.54) is 24.8 Å². The number of rotatable bonds is 3. The zero-order valence-electron chi connectivity index (χ0n) is 7.72. The Morgan fingerprint density at radius 2 is 2.38 bits per heavy atom. The van der Waals surface area contributed by atoms with E-state index in [1.807, 2.05) is 0 Å². The van der Waals surface area contributed by atoms with Crippen LogP contribution < -0.4 is 5.32 Å². The van der Waals surface area contributed by atoms with E-state index in [4.69, 9.17) is 11.6 Å². The van der Waals surface area contributed by atoms with Crippen LogP contribution in [0.2, 0.25) is 4.34 Å². The van der Waals surface area contributed by atoms with Crippen LogP contribution in [0.4, 0.5) is 0 Å². The van der Waals surface area contributed by atoms with Crippen LogP contribution in [0.1, 0.15) is 37.8 Å². The van der Waals surface area contributed by atoms with E-state index in [0.717, 1.165) is 10.4 Å². The number of thiophene rings is 1. The molecule has 0 aliphatic heterocycles. The van der Waals surface area contributed by atoms with Gasteiger partial charge in [-0.25, -0.2) is 0 Å². The molecule has 72 valence electrons. The molecular formula is C10H14ClNS. The van der Waals surface area contributed by atoms with Crippen LogP contribution >= 0.6 is 22.9 Å². The molecule has 0 bridgehead atoms. The van der Waals surface area contributed by atoms with Crippen LogP contribution in [-0.2, 0) is 0 Å². The molecule has 1 heterocycles. The zero-order valence-corrected chi connectivity index (χ0v) is 9.29. The molecule has 1 aromatic heterocycles. The van der Waals surface area contributed by atoms with Crippen LogP contribution in [-0.4, -0.2) is 6.04 Å². The fraction of sp³-hybridized carbons (Fsp3) is 0.600. The third kappa shape index (κ3) is 2.25. The molecule has 0 radical (unpaired) electrons. The summed E-state index contributed by atoms with van der Waals surface area (Å²) < 4.78 is 0.886. The van der Waals surface area contributed by atoms with Gasteiger partial charge in [0, 0.05) is 12.1 Å². The van der Waals surface area contributed by atoms with Crippen LogP contribution in [0.3, 0.4) is 0 Å². The second-order valence-corrected chi connectivity index (χ2v) is 5.24. The standard InChI is InChI=1S/C10H14ClNS/c1-7(12-9-3-2-4-9)8-5-10(11)13-6-8/h5-7,9,12H,2-4H2,1H3. The average Bonchev–Trinajstić information content (AvgIpc) is 2.44. The molecule has 0 amide bonds. The van der Waals surface area contributed by atoms with Crippen molar-refractivity contribution in [2.24, 2.45) is 0 Å². The lowest BCUT2D eigenvalue weighted by Gasteiger charge is -2.29. The van der Waals surface area contributed by atoms with Gasteiger partial charge in [-0.3, -0.25) is 0 Å². The van der Waals surface area contributed by atoms with E-state index in [2.05, 4.69) is 23.7 Å². The molecule has 1 aliphatic rings. The molecule has 1 fully saturated rings. The third-order valence-electron chi connectivity index (χ3n) is 2.68. The first-order chi connectivity index (χ1) is 6.25. The van der Waals surface area contributed by atoms with Crippen molar-refractivity contribution in [2.75, 3.05) is 0 Å². The molecule has 13 heavy (non-hydrogen) atoms. The van der Waals surface area contributed by atoms with Crippen LogP contribution in [0.5, 0.6) is 0 Å². The van der Waals surface area contributed by atoms with Gasteiger partial charge in [-0.15, -0.1) is 11.3 Å². The number of hydrogen-bond donors (Lipinski definition) is 1. The molecule has 1 nitrogen and oxygen atoms in total. The van der Waals surface area contributed by atoms with Crippen molar-refractivity contribution in [3.05, 3.63) is 21.3 Å². The summed E-state index contributed by atoms with van der Waals surface area (Å²) >= 11 is 7.49. The largest absolute Gasteiger partial charge is 0.307 e. The molecule has 1 aliphatic carbocycles. The van der Waals surface area contributed by atoms with Gasteiger partial charge in [0.15, 0.2) is 0 Å². The quantitative estimate of drug-likeness (QED) is 0.813. The van der Waals surface area contributed by atoms with E-state index in [-0.39, 0.29) is 0 Å². The topological polar surface area (TPSA) is 12.0 Å². The van der Waals surface area contributed by atoms with Crippen molar-refractivity contribution >= 4 is 22.9 Å².